The molecule has 0 saturated carbocycles. The summed E-state index contributed by atoms with van der Waals surface area (Å²) in [7, 11) is 0. The van der Waals surface area contributed by atoms with Crippen molar-refractivity contribution in [3.8, 4) is 6.07 Å². The van der Waals surface area contributed by atoms with Crippen LogP contribution in [0.4, 0.5) is 0 Å². The fraction of sp³-hybridized carbons (Fsp3) is 0.471. The van der Waals surface area contributed by atoms with Gasteiger partial charge in [-0.1, -0.05) is 25.2 Å². The van der Waals surface area contributed by atoms with E-state index in [0.29, 0.717) is 13.2 Å². The Morgan fingerprint density at radius 3 is 2.90 bits per heavy atom. The third-order valence-corrected chi connectivity index (χ3v) is 2.94. The van der Waals surface area contributed by atoms with Crippen LogP contribution in [0.15, 0.2) is 29.9 Å². The number of ether oxygens (including phenoxy) is 1. The third kappa shape index (κ3) is 6.82. The van der Waals surface area contributed by atoms with E-state index in [0.717, 1.165) is 30.7 Å². The highest BCUT2D eigenvalue weighted by Gasteiger charge is 2.01. The van der Waals surface area contributed by atoms with E-state index >= 15 is 0 Å². The maximum absolute atomic E-state index is 8.84. The van der Waals surface area contributed by atoms with E-state index in [-0.39, 0.29) is 5.82 Å². The minimum absolute atomic E-state index is 0.242. The molecule has 0 radical (unpaired) electrons. The van der Waals surface area contributed by atoms with E-state index in [1.807, 2.05) is 26.0 Å². The fourth-order valence-corrected chi connectivity index (χ4v) is 1.85. The minimum atomic E-state index is 0.242. The van der Waals surface area contributed by atoms with Crippen LogP contribution in [0.25, 0.3) is 0 Å². The molecule has 1 aromatic rings. The maximum Gasteiger partial charge on any atom is 0.232 e. The van der Waals surface area contributed by atoms with Gasteiger partial charge in [-0.3, -0.25) is 0 Å². The first kappa shape index (κ1) is 17.1. The fourth-order valence-electron chi connectivity index (χ4n) is 1.85. The maximum atomic E-state index is 8.84. The molecule has 0 saturated heterocycles. The van der Waals surface area contributed by atoms with Gasteiger partial charge in [0, 0.05) is 18.0 Å². The number of hydrogen-bond acceptors (Lipinski definition) is 4. The summed E-state index contributed by atoms with van der Waals surface area (Å²) >= 11 is 0. The summed E-state index contributed by atoms with van der Waals surface area (Å²) in [6.45, 7) is 7.33. The third-order valence-electron chi connectivity index (χ3n) is 2.94. The van der Waals surface area contributed by atoms with E-state index in [4.69, 9.17) is 10.00 Å². The van der Waals surface area contributed by atoms with Gasteiger partial charge in [0.15, 0.2) is 0 Å². The molecular weight excluding hydrogens is 262 g/mol. The van der Waals surface area contributed by atoms with E-state index in [2.05, 4.69) is 35.1 Å². The van der Waals surface area contributed by atoms with Crippen molar-refractivity contribution in [3.05, 3.63) is 47.1 Å². The largest absolute Gasteiger partial charge is 0.377 e. The summed E-state index contributed by atoms with van der Waals surface area (Å²) in [6, 6.07) is 3.90. The van der Waals surface area contributed by atoms with Crippen LogP contribution in [0, 0.1) is 18.3 Å². The van der Waals surface area contributed by atoms with E-state index in [1.54, 1.807) is 0 Å². The molecule has 112 valence electrons. The molecule has 0 aromatic carbocycles. The van der Waals surface area contributed by atoms with Crippen LogP contribution in [0.1, 0.15) is 43.9 Å². The Labute approximate surface area is 127 Å². The highest BCUT2D eigenvalue weighted by atomic mass is 16.5. The standard InChI is InChI=1S/C17H23N3O/c1-4-6-8-15(5-2)13-21-10-7-9-16-11-14(3)19-17(12-18)20-16/h5-6,8,11H,4,7,9-10,13H2,1-3H3/b8-6-,15-5+. The predicted octanol–water partition coefficient (Wildman–Crippen LogP) is 3.52. The van der Waals surface area contributed by atoms with Gasteiger partial charge in [-0.2, -0.15) is 5.26 Å². The lowest BCUT2D eigenvalue weighted by molar-refractivity contribution is 0.155. The first-order chi connectivity index (χ1) is 10.2. The molecule has 21 heavy (non-hydrogen) atoms. The van der Waals surface area contributed by atoms with E-state index in [9.17, 15) is 0 Å². The highest BCUT2D eigenvalue weighted by Crippen LogP contribution is 2.05. The van der Waals surface area contributed by atoms with Gasteiger partial charge in [-0.25, -0.2) is 9.97 Å². The number of nitrogens with zero attached hydrogens (tertiary/aromatic N) is 3. The Morgan fingerprint density at radius 1 is 1.43 bits per heavy atom. The molecule has 0 fully saturated rings. The van der Waals surface area contributed by atoms with Crippen molar-refractivity contribution in [3.63, 3.8) is 0 Å². The average Bonchev–Trinajstić information content (AvgIpc) is 2.49. The molecule has 4 nitrogen and oxygen atoms in total. The van der Waals surface area contributed by atoms with Gasteiger partial charge in [0.1, 0.15) is 6.07 Å². The summed E-state index contributed by atoms with van der Waals surface area (Å²) in [4.78, 5) is 8.23. The molecule has 0 N–H and O–H groups in total. The van der Waals surface area contributed by atoms with Crippen LogP contribution in [-0.4, -0.2) is 23.2 Å². The first-order valence-corrected chi connectivity index (χ1v) is 7.33. The molecule has 0 spiro atoms. The Kier molecular flexibility index (Phi) is 8.00. The molecule has 1 aromatic heterocycles. The molecule has 0 amide bonds. The molecular formula is C17H23N3O. The van der Waals surface area contributed by atoms with Gasteiger partial charge in [0.25, 0.3) is 0 Å². The van der Waals surface area contributed by atoms with Gasteiger partial charge in [0.05, 0.1) is 6.61 Å². The van der Waals surface area contributed by atoms with Crippen molar-refractivity contribution in [2.45, 2.75) is 40.0 Å². The monoisotopic (exact) mass is 285 g/mol. The minimum Gasteiger partial charge on any atom is -0.377 e. The van der Waals surface area contributed by atoms with Crippen molar-refractivity contribution in [2.75, 3.05) is 13.2 Å². The number of allylic oxidation sites excluding steroid dienone is 2. The van der Waals surface area contributed by atoms with Crippen molar-refractivity contribution < 1.29 is 4.74 Å². The van der Waals surface area contributed by atoms with Crippen molar-refractivity contribution in [1.29, 1.82) is 5.26 Å². The van der Waals surface area contributed by atoms with Crippen molar-refractivity contribution in [2.24, 2.45) is 0 Å². The van der Waals surface area contributed by atoms with Gasteiger partial charge >= 0.3 is 0 Å². The zero-order valence-electron chi connectivity index (χ0n) is 13.1. The second-order valence-electron chi connectivity index (χ2n) is 4.77. The second-order valence-corrected chi connectivity index (χ2v) is 4.77. The normalized spacial score (nSPS) is 11.8. The number of aromatic nitrogens is 2. The second kappa shape index (κ2) is 9.84. The first-order valence-electron chi connectivity index (χ1n) is 7.33. The van der Waals surface area contributed by atoms with Gasteiger partial charge in [-0.05, 0) is 44.7 Å². The molecule has 0 unspecified atom stereocenters. The Morgan fingerprint density at radius 2 is 2.24 bits per heavy atom. The van der Waals surface area contributed by atoms with Crippen molar-refractivity contribution in [1.82, 2.24) is 9.97 Å². The van der Waals surface area contributed by atoms with Gasteiger partial charge < -0.3 is 4.74 Å². The van der Waals surface area contributed by atoms with Crippen LogP contribution >= 0.6 is 0 Å². The summed E-state index contributed by atoms with van der Waals surface area (Å²) in [5, 5.41) is 8.84. The van der Waals surface area contributed by atoms with Gasteiger partial charge in [0.2, 0.25) is 5.82 Å². The van der Waals surface area contributed by atoms with Crippen LogP contribution in [0.2, 0.25) is 0 Å². The molecule has 1 rings (SSSR count). The summed E-state index contributed by atoms with van der Waals surface area (Å²) < 4.78 is 5.66. The Bertz CT molecular complexity index is 541. The number of hydrogen-bond donors (Lipinski definition) is 0. The molecule has 0 atom stereocenters. The van der Waals surface area contributed by atoms with E-state index in [1.165, 1.54) is 5.57 Å². The molecule has 1 heterocycles. The lowest BCUT2D eigenvalue weighted by Gasteiger charge is -2.05. The molecule has 0 aliphatic rings. The van der Waals surface area contributed by atoms with Crippen LogP contribution in [0.5, 0.6) is 0 Å². The van der Waals surface area contributed by atoms with Crippen LogP contribution < -0.4 is 0 Å². The zero-order valence-corrected chi connectivity index (χ0v) is 13.1. The number of aryl methyl sites for hydroxylation is 2. The van der Waals surface area contributed by atoms with Crippen LogP contribution in [0.3, 0.4) is 0 Å². The molecule has 0 bridgehead atoms. The van der Waals surface area contributed by atoms with Crippen molar-refractivity contribution >= 4 is 0 Å². The smallest absolute Gasteiger partial charge is 0.232 e. The topological polar surface area (TPSA) is 58.8 Å². The predicted molar refractivity (Wildman–Crippen MR) is 83.8 cm³/mol. The lowest BCUT2D eigenvalue weighted by Crippen LogP contribution is -2.03. The summed E-state index contributed by atoms with van der Waals surface area (Å²) in [5.74, 6) is 0.242. The Hall–Kier alpha value is -1.99. The average molecular weight is 285 g/mol. The highest BCUT2D eigenvalue weighted by molar-refractivity contribution is 5.18. The van der Waals surface area contributed by atoms with Gasteiger partial charge in [-0.15, -0.1) is 0 Å². The summed E-state index contributed by atoms with van der Waals surface area (Å²) in [5.41, 5.74) is 2.93. The zero-order chi connectivity index (χ0) is 15.5. The number of nitriles is 1. The van der Waals surface area contributed by atoms with E-state index < -0.39 is 0 Å². The lowest BCUT2D eigenvalue weighted by atomic mass is 10.2. The molecule has 0 aliphatic heterocycles. The SMILES string of the molecule is C/C=C(\C=C/CC)COCCCc1cc(C)nc(C#N)n1. The quantitative estimate of drug-likeness (QED) is 0.541. The molecule has 0 aliphatic carbocycles. The summed E-state index contributed by atoms with van der Waals surface area (Å²) in [6.07, 6.45) is 9.02. The number of rotatable bonds is 8. The Balaban J connectivity index is 2.33. The van der Waals surface area contributed by atoms with Crippen LogP contribution in [-0.2, 0) is 11.2 Å². The molecule has 4 heteroatoms.